The first-order valence-electron chi connectivity index (χ1n) is 21.2. The van der Waals surface area contributed by atoms with E-state index in [0.29, 0.717) is 6.04 Å². The average Bonchev–Trinajstić information content (AvgIpc) is 4.02. The molecular weight excluding hydrogens is 713 g/mol. The lowest BCUT2D eigenvalue weighted by Gasteiger charge is -2.15. The third kappa shape index (κ3) is 12.4. The number of nitrogens with zero attached hydrogens (tertiary/aromatic N) is 1. The van der Waals surface area contributed by atoms with Crippen LogP contribution in [0, 0.1) is 6.92 Å². The molecule has 0 aliphatic carbocycles. The molecule has 8 rings (SSSR count). The molecule has 0 aliphatic rings. The second kappa shape index (κ2) is 22.1. The third-order valence-corrected chi connectivity index (χ3v) is 10.8. The van der Waals surface area contributed by atoms with Gasteiger partial charge in [-0.15, -0.1) is 0 Å². The van der Waals surface area contributed by atoms with Gasteiger partial charge in [0.05, 0.1) is 0 Å². The lowest BCUT2D eigenvalue weighted by atomic mass is 10.0. The number of likely N-dealkylation sites (N-methyl/N-ethyl adjacent to an activating group) is 2. The summed E-state index contributed by atoms with van der Waals surface area (Å²) in [6.45, 7) is 13.0. The number of aryl methyl sites for hydroxylation is 1. The molecule has 0 aliphatic heterocycles. The maximum Gasteiger partial charge on any atom is 0.0458 e. The van der Waals surface area contributed by atoms with Crippen molar-refractivity contribution in [3.8, 4) is 0 Å². The van der Waals surface area contributed by atoms with Crippen molar-refractivity contribution in [1.29, 1.82) is 0 Å². The van der Waals surface area contributed by atoms with Gasteiger partial charge in [0.2, 0.25) is 0 Å². The normalized spacial score (nSPS) is 12.8. The fraction of sp³-hybridized carbons (Fsp3) is 0.360. The molecule has 0 saturated carbocycles. The van der Waals surface area contributed by atoms with Gasteiger partial charge in [-0.1, -0.05) is 86.1 Å². The number of H-pyrrole nitrogens is 4. The van der Waals surface area contributed by atoms with Gasteiger partial charge in [-0.2, -0.15) is 0 Å². The van der Waals surface area contributed by atoms with Crippen molar-refractivity contribution in [2.75, 3.05) is 27.2 Å². The molecule has 0 amide bonds. The quantitative estimate of drug-likeness (QED) is 0.0628. The summed E-state index contributed by atoms with van der Waals surface area (Å²) < 4.78 is 0. The summed E-state index contributed by atoms with van der Waals surface area (Å²) in [5, 5.41) is 8.57. The molecule has 8 nitrogen and oxygen atoms in total. The van der Waals surface area contributed by atoms with E-state index in [0.717, 1.165) is 32.2 Å². The van der Waals surface area contributed by atoms with Gasteiger partial charge in [-0.3, -0.25) is 0 Å². The molecule has 0 fully saturated rings. The lowest BCUT2D eigenvalue weighted by Crippen LogP contribution is -2.23. The number of rotatable bonds is 13. The Kier molecular flexibility index (Phi) is 16.8. The highest BCUT2D eigenvalue weighted by molar-refractivity contribution is 5.85. The van der Waals surface area contributed by atoms with Crippen LogP contribution in [0.5, 0.6) is 0 Å². The van der Waals surface area contributed by atoms with Crippen LogP contribution < -0.4 is 16.8 Å². The van der Waals surface area contributed by atoms with Crippen LogP contribution in [0.2, 0.25) is 0 Å². The van der Waals surface area contributed by atoms with Gasteiger partial charge >= 0.3 is 0 Å². The lowest BCUT2D eigenvalue weighted by molar-refractivity contribution is 0.332. The second-order valence-corrected chi connectivity index (χ2v) is 16.0. The topological polar surface area (TPSA) is 130 Å². The second-order valence-electron chi connectivity index (χ2n) is 16.0. The van der Waals surface area contributed by atoms with Crippen LogP contribution in [-0.4, -0.2) is 70.1 Å². The first-order valence-corrected chi connectivity index (χ1v) is 21.2. The summed E-state index contributed by atoms with van der Waals surface area (Å²) in [4.78, 5) is 15.7. The molecule has 0 spiro atoms. The van der Waals surface area contributed by atoms with E-state index in [9.17, 15) is 0 Å². The van der Waals surface area contributed by atoms with E-state index >= 15 is 0 Å². The first-order chi connectivity index (χ1) is 28.1. The molecule has 0 radical (unpaired) electrons. The van der Waals surface area contributed by atoms with Gasteiger partial charge < -0.3 is 41.6 Å². The first kappa shape index (κ1) is 44.0. The van der Waals surface area contributed by atoms with E-state index in [4.69, 9.17) is 11.5 Å². The molecule has 308 valence electrons. The Morgan fingerprint density at radius 3 is 1.53 bits per heavy atom. The number of aromatic amines is 4. The van der Waals surface area contributed by atoms with Crippen molar-refractivity contribution in [2.45, 2.75) is 91.3 Å². The Bertz CT molecular complexity index is 2390. The summed E-state index contributed by atoms with van der Waals surface area (Å²) in [6, 6.07) is 34.6. The molecule has 0 bridgehead atoms. The highest BCUT2D eigenvalue weighted by Crippen LogP contribution is 2.23. The van der Waals surface area contributed by atoms with Crippen molar-refractivity contribution in [3.63, 3.8) is 0 Å². The smallest absolute Gasteiger partial charge is 0.0458 e. The SMILES string of the molecule is CC(N)Cc1c[nH]c2ccccc12.CCCCN(C)CCc1c[nH]c2ccccc12.CNC(C)Cc1c[nH]c2ccccc12.Cc1[nH]c2ccccc2c1CC(C)N. The Hall–Kier alpha value is -5.12. The summed E-state index contributed by atoms with van der Waals surface area (Å²) in [5.41, 5.74) is 23.2. The third-order valence-electron chi connectivity index (χ3n) is 10.8. The molecule has 0 saturated heterocycles. The molecular formula is C50H68N8. The van der Waals surface area contributed by atoms with E-state index in [1.807, 2.05) is 39.2 Å². The van der Waals surface area contributed by atoms with E-state index in [2.05, 4.69) is 155 Å². The molecule has 58 heavy (non-hydrogen) atoms. The minimum Gasteiger partial charge on any atom is -0.361 e. The summed E-state index contributed by atoms with van der Waals surface area (Å²) in [5.74, 6) is 0. The monoisotopic (exact) mass is 781 g/mol. The van der Waals surface area contributed by atoms with Gasteiger partial charge in [0.25, 0.3) is 0 Å². The van der Waals surface area contributed by atoms with Gasteiger partial charge in [0.15, 0.2) is 0 Å². The Morgan fingerprint density at radius 2 is 1.03 bits per heavy atom. The summed E-state index contributed by atoms with van der Waals surface area (Å²) in [7, 11) is 4.21. The average molecular weight is 781 g/mol. The van der Waals surface area contributed by atoms with Crippen LogP contribution in [0.25, 0.3) is 43.6 Å². The number of para-hydroxylation sites is 4. The maximum atomic E-state index is 5.83. The Labute approximate surface area is 346 Å². The molecule has 8 heteroatoms. The van der Waals surface area contributed by atoms with Crippen molar-refractivity contribution in [3.05, 3.63) is 144 Å². The van der Waals surface area contributed by atoms with Crippen molar-refractivity contribution in [2.24, 2.45) is 11.5 Å². The zero-order valence-corrected chi connectivity index (χ0v) is 36.0. The predicted molar refractivity (Wildman–Crippen MR) is 251 cm³/mol. The van der Waals surface area contributed by atoms with Crippen LogP contribution in [0.1, 0.15) is 68.5 Å². The fourth-order valence-corrected chi connectivity index (χ4v) is 7.49. The van der Waals surface area contributed by atoms with Crippen LogP contribution >= 0.6 is 0 Å². The summed E-state index contributed by atoms with van der Waals surface area (Å²) >= 11 is 0. The summed E-state index contributed by atoms with van der Waals surface area (Å²) in [6.07, 6.45) is 13.0. The number of unbranched alkanes of at least 4 members (excludes halogenated alkanes) is 1. The molecule has 9 N–H and O–H groups in total. The molecule has 4 aromatic heterocycles. The zero-order valence-electron chi connectivity index (χ0n) is 36.0. The number of hydrogen-bond donors (Lipinski definition) is 7. The number of nitrogens with one attached hydrogen (secondary N) is 5. The minimum absolute atomic E-state index is 0.216. The Balaban J connectivity index is 0.000000148. The number of fused-ring (bicyclic) bond motifs is 4. The minimum atomic E-state index is 0.216. The van der Waals surface area contributed by atoms with E-state index in [1.165, 1.54) is 90.9 Å². The standard InChI is InChI=1S/C15H22N2.2C12H16N2.C11H14N2/c1-3-4-10-17(2)11-9-13-12-16-15-8-6-5-7-14(13)15;1-9(13-2)7-10-8-14-12-6-4-3-5-11(10)12;1-8(13)7-11-9(2)14-12-6-4-3-5-10(11)12;1-8(12)6-9-7-13-11-5-3-2-4-10(9)11/h5-8,12,16H,3-4,9-11H2,1-2H3;3-6,8-9,13-14H,7H2,1-2H3;3-6,8,14H,7,13H2,1-2H3;2-5,7-8,13H,6,12H2,1H3. The fourth-order valence-electron chi connectivity index (χ4n) is 7.49. The number of aromatic nitrogens is 4. The van der Waals surface area contributed by atoms with Crippen LogP contribution in [0.4, 0.5) is 0 Å². The number of hydrogen-bond acceptors (Lipinski definition) is 4. The number of nitrogens with two attached hydrogens (primary N) is 2. The maximum absolute atomic E-state index is 5.83. The number of benzene rings is 4. The van der Waals surface area contributed by atoms with Crippen molar-refractivity contribution >= 4 is 43.6 Å². The zero-order chi connectivity index (χ0) is 41.4. The van der Waals surface area contributed by atoms with E-state index in [-0.39, 0.29) is 12.1 Å². The van der Waals surface area contributed by atoms with Crippen LogP contribution in [0.3, 0.4) is 0 Å². The van der Waals surface area contributed by atoms with Gasteiger partial charge in [-0.25, -0.2) is 0 Å². The largest absolute Gasteiger partial charge is 0.361 e. The Morgan fingerprint density at radius 1 is 0.586 bits per heavy atom. The molecule has 4 heterocycles. The van der Waals surface area contributed by atoms with E-state index in [1.54, 1.807) is 0 Å². The van der Waals surface area contributed by atoms with Gasteiger partial charge in [0.1, 0.15) is 0 Å². The molecule has 3 atom stereocenters. The van der Waals surface area contributed by atoms with Crippen LogP contribution in [0.15, 0.2) is 116 Å². The highest BCUT2D eigenvalue weighted by atomic mass is 15.1. The molecule has 3 unspecified atom stereocenters. The van der Waals surface area contributed by atoms with Crippen LogP contribution in [-0.2, 0) is 25.7 Å². The van der Waals surface area contributed by atoms with E-state index < -0.39 is 0 Å². The highest BCUT2D eigenvalue weighted by Gasteiger charge is 2.10. The van der Waals surface area contributed by atoms with Crippen molar-refractivity contribution in [1.82, 2.24) is 30.2 Å². The van der Waals surface area contributed by atoms with Gasteiger partial charge in [-0.05, 0) is 127 Å². The van der Waals surface area contributed by atoms with Crippen molar-refractivity contribution < 1.29 is 0 Å². The molecule has 4 aromatic carbocycles. The predicted octanol–water partition coefficient (Wildman–Crippen LogP) is 10.2. The van der Waals surface area contributed by atoms with Gasteiger partial charge in [0, 0.05) is 92.6 Å². The molecule has 8 aromatic rings.